The van der Waals surface area contributed by atoms with Gasteiger partial charge in [-0.05, 0) is 24.3 Å². The number of hydrogen-bond acceptors (Lipinski definition) is 5. The number of nitrogens with one attached hydrogen (secondary N) is 2. The minimum Gasteiger partial charge on any atom is -0.338 e. The van der Waals surface area contributed by atoms with Crippen molar-refractivity contribution in [1.82, 2.24) is 19.5 Å². The normalized spacial score (nSPS) is 12.9. The number of nitrogens with zero attached hydrogens (tertiary/aromatic N) is 3. The van der Waals surface area contributed by atoms with Crippen molar-refractivity contribution < 1.29 is 4.79 Å². The molecule has 138 valence electrons. The topological polar surface area (TPSA) is 92.7 Å². The average molecular weight is 389 g/mol. The summed E-state index contributed by atoms with van der Waals surface area (Å²) in [7, 11) is 0. The number of aromatic nitrogens is 4. The number of carbonyl (C=O) groups excluding carboxylic acids is 1. The minimum atomic E-state index is -0.478. The Morgan fingerprint density at radius 1 is 1.14 bits per heavy atom. The molecule has 2 aromatic heterocycles. The average Bonchev–Trinajstić information content (AvgIpc) is 3.35. The summed E-state index contributed by atoms with van der Waals surface area (Å²) < 4.78 is 1.55. The number of rotatable bonds is 3. The maximum atomic E-state index is 12.8. The zero-order valence-electron chi connectivity index (χ0n) is 14.7. The summed E-state index contributed by atoms with van der Waals surface area (Å²) in [6.07, 6.45) is 1.35. The minimum absolute atomic E-state index is 0.0330. The summed E-state index contributed by atoms with van der Waals surface area (Å²) in [5, 5.41) is 3.50. The van der Waals surface area contributed by atoms with Crippen LogP contribution >= 0.6 is 11.8 Å². The van der Waals surface area contributed by atoms with Gasteiger partial charge in [0.05, 0.1) is 16.7 Å². The van der Waals surface area contributed by atoms with Gasteiger partial charge in [0.1, 0.15) is 11.4 Å². The standard InChI is InChI=1S/C20H15N5O2S/c26-18(13-11-21-20-25(19(13)27)9-10-28-20)24-14-6-2-1-5-12(14)17-22-15-7-3-4-8-16(15)23-17/h1-8,11H,9-10H2,(H,22,23)(H,24,26). The Hall–Kier alpha value is -3.39. The van der Waals surface area contributed by atoms with Gasteiger partial charge in [-0.15, -0.1) is 0 Å². The van der Waals surface area contributed by atoms with Gasteiger partial charge in [0, 0.05) is 24.1 Å². The van der Waals surface area contributed by atoms with Crippen molar-refractivity contribution in [1.29, 1.82) is 0 Å². The lowest BCUT2D eigenvalue weighted by Gasteiger charge is -2.10. The fourth-order valence-corrected chi connectivity index (χ4v) is 4.16. The zero-order chi connectivity index (χ0) is 19.1. The van der Waals surface area contributed by atoms with E-state index in [0.717, 1.165) is 22.3 Å². The Labute approximate surface area is 163 Å². The van der Waals surface area contributed by atoms with Crippen molar-refractivity contribution in [2.24, 2.45) is 0 Å². The molecule has 4 aromatic rings. The van der Waals surface area contributed by atoms with Crippen LogP contribution in [0, 0.1) is 0 Å². The van der Waals surface area contributed by atoms with Gasteiger partial charge in [0.15, 0.2) is 5.16 Å². The number of hydrogen-bond donors (Lipinski definition) is 2. The van der Waals surface area contributed by atoms with E-state index in [4.69, 9.17) is 0 Å². The van der Waals surface area contributed by atoms with Crippen molar-refractivity contribution in [3.05, 3.63) is 70.6 Å². The first-order chi connectivity index (χ1) is 13.7. The van der Waals surface area contributed by atoms with Crippen LogP contribution in [0.2, 0.25) is 0 Å². The van der Waals surface area contributed by atoms with E-state index in [1.165, 1.54) is 18.0 Å². The van der Waals surface area contributed by atoms with Crippen molar-refractivity contribution in [2.45, 2.75) is 11.7 Å². The third kappa shape index (κ3) is 2.78. The van der Waals surface area contributed by atoms with Crippen LogP contribution in [-0.4, -0.2) is 31.2 Å². The van der Waals surface area contributed by atoms with Crippen LogP contribution in [0.1, 0.15) is 10.4 Å². The van der Waals surface area contributed by atoms with Crippen LogP contribution in [0.25, 0.3) is 22.4 Å². The van der Waals surface area contributed by atoms with Crippen molar-refractivity contribution in [3.8, 4) is 11.4 Å². The Morgan fingerprint density at radius 3 is 2.86 bits per heavy atom. The first-order valence-corrected chi connectivity index (χ1v) is 9.77. The molecule has 0 bridgehead atoms. The molecule has 0 saturated heterocycles. The summed E-state index contributed by atoms with van der Waals surface area (Å²) in [4.78, 5) is 37.5. The lowest BCUT2D eigenvalue weighted by Crippen LogP contribution is -2.29. The second-order valence-electron chi connectivity index (χ2n) is 6.36. The number of H-pyrrole nitrogens is 1. The van der Waals surface area contributed by atoms with E-state index < -0.39 is 5.91 Å². The van der Waals surface area contributed by atoms with E-state index in [1.54, 1.807) is 10.6 Å². The molecule has 0 saturated carbocycles. The SMILES string of the molecule is O=C(Nc1ccccc1-c1nc2ccccc2[nH]1)c1cnc2n(c1=O)CCS2. The van der Waals surface area contributed by atoms with Crippen LogP contribution in [0.5, 0.6) is 0 Å². The van der Waals surface area contributed by atoms with Gasteiger partial charge < -0.3 is 10.3 Å². The summed E-state index contributed by atoms with van der Waals surface area (Å²) in [6.45, 7) is 0.572. The summed E-state index contributed by atoms with van der Waals surface area (Å²) in [5.74, 6) is 0.966. The molecule has 2 aromatic carbocycles. The second-order valence-corrected chi connectivity index (χ2v) is 7.42. The number of para-hydroxylation sites is 3. The number of benzene rings is 2. The first-order valence-electron chi connectivity index (χ1n) is 8.79. The Morgan fingerprint density at radius 2 is 1.96 bits per heavy atom. The number of imidazole rings is 1. The lowest BCUT2D eigenvalue weighted by molar-refractivity contribution is 0.102. The predicted octanol–water partition coefficient (Wildman–Crippen LogP) is 3.14. The number of fused-ring (bicyclic) bond motifs is 2. The van der Waals surface area contributed by atoms with Crippen molar-refractivity contribution >= 4 is 34.4 Å². The van der Waals surface area contributed by atoms with E-state index in [0.29, 0.717) is 23.2 Å². The summed E-state index contributed by atoms with van der Waals surface area (Å²) >= 11 is 1.52. The van der Waals surface area contributed by atoms with Gasteiger partial charge in [-0.2, -0.15) is 0 Å². The molecule has 0 spiro atoms. The van der Waals surface area contributed by atoms with E-state index in [1.807, 2.05) is 42.5 Å². The van der Waals surface area contributed by atoms with Gasteiger partial charge >= 0.3 is 0 Å². The molecule has 7 nitrogen and oxygen atoms in total. The highest BCUT2D eigenvalue weighted by atomic mass is 32.2. The van der Waals surface area contributed by atoms with Gasteiger partial charge in [-0.1, -0.05) is 36.0 Å². The Bertz CT molecular complexity index is 1240. The molecule has 3 heterocycles. The fraction of sp³-hybridized carbons (Fsp3) is 0.100. The largest absolute Gasteiger partial charge is 0.338 e. The number of thioether (sulfide) groups is 1. The lowest BCUT2D eigenvalue weighted by atomic mass is 10.1. The van der Waals surface area contributed by atoms with Crippen LogP contribution in [0.3, 0.4) is 0 Å². The maximum Gasteiger partial charge on any atom is 0.267 e. The van der Waals surface area contributed by atoms with Crippen LogP contribution < -0.4 is 10.9 Å². The van der Waals surface area contributed by atoms with Gasteiger partial charge in [-0.3, -0.25) is 14.2 Å². The molecular weight excluding hydrogens is 374 g/mol. The third-order valence-electron chi connectivity index (χ3n) is 4.62. The molecule has 0 atom stereocenters. The first kappa shape index (κ1) is 16.8. The highest BCUT2D eigenvalue weighted by molar-refractivity contribution is 7.99. The molecule has 0 unspecified atom stereocenters. The van der Waals surface area contributed by atoms with E-state index >= 15 is 0 Å². The van der Waals surface area contributed by atoms with Gasteiger partial charge in [0.25, 0.3) is 11.5 Å². The zero-order valence-corrected chi connectivity index (χ0v) is 15.5. The summed E-state index contributed by atoms with van der Waals surface area (Å²) in [6, 6.07) is 15.1. The third-order valence-corrected chi connectivity index (χ3v) is 5.59. The molecule has 2 N–H and O–H groups in total. The molecule has 0 radical (unpaired) electrons. The van der Waals surface area contributed by atoms with E-state index in [9.17, 15) is 9.59 Å². The smallest absolute Gasteiger partial charge is 0.267 e. The number of anilines is 1. The van der Waals surface area contributed by atoms with Crippen LogP contribution in [0.4, 0.5) is 5.69 Å². The number of amides is 1. The highest BCUT2D eigenvalue weighted by Gasteiger charge is 2.21. The number of aromatic amines is 1. The van der Waals surface area contributed by atoms with Gasteiger partial charge in [-0.25, -0.2) is 9.97 Å². The fourth-order valence-electron chi connectivity index (χ4n) is 3.24. The monoisotopic (exact) mass is 389 g/mol. The molecule has 5 rings (SSSR count). The molecule has 28 heavy (non-hydrogen) atoms. The van der Waals surface area contributed by atoms with Crippen molar-refractivity contribution in [3.63, 3.8) is 0 Å². The van der Waals surface area contributed by atoms with Crippen LogP contribution in [0.15, 0.2) is 64.7 Å². The van der Waals surface area contributed by atoms with E-state index in [2.05, 4.69) is 20.3 Å². The Kier molecular flexibility index (Phi) is 3.98. The molecule has 1 aliphatic heterocycles. The molecular formula is C20H15N5O2S. The highest BCUT2D eigenvalue weighted by Crippen LogP contribution is 2.28. The molecule has 1 aliphatic rings. The second kappa shape index (κ2) is 6.65. The Balaban J connectivity index is 1.51. The molecule has 1 amide bonds. The van der Waals surface area contributed by atoms with Crippen molar-refractivity contribution in [2.75, 3.05) is 11.1 Å². The predicted molar refractivity (Wildman–Crippen MR) is 109 cm³/mol. The van der Waals surface area contributed by atoms with Crippen LogP contribution in [-0.2, 0) is 6.54 Å². The molecule has 8 heteroatoms. The summed E-state index contributed by atoms with van der Waals surface area (Å²) in [5.41, 5.74) is 2.80. The maximum absolute atomic E-state index is 12.8. The van der Waals surface area contributed by atoms with Gasteiger partial charge in [0.2, 0.25) is 0 Å². The molecule has 0 aliphatic carbocycles. The quantitative estimate of drug-likeness (QED) is 0.525. The number of carbonyl (C=O) groups is 1. The molecule has 0 fully saturated rings. The van der Waals surface area contributed by atoms with E-state index in [-0.39, 0.29) is 11.1 Å².